The van der Waals surface area contributed by atoms with Gasteiger partial charge in [0.2, 0.25) is 0 Å². The minimum atomic E-state index is 0.509. The molecular weight excluding hydrogens is 124 g/mol. The van der Waals surface area contributed by atoms with Gasteiger partial charge in [0.15, 0.2) is 0 Å². The average molecular weight is 142 g/mol. The van der Waals surface area contributed by atoms with Gasteiger partial charge in [-0.25, -0.2) is 0 Å². The smallest absolute Gasteiger partial charge is 0.0547 e. The van der Waals surface area contributed by atoms with Crippen LogP contribution in [-0.2, 0) is 4.74 Å². The Morgan fingerprint density at radius 2 is 2.00 bits per heavy atom. The second-order valence-corrected chi connectivity index (χ2v) is 3.73. The first kappa shape index (κ1) is 8.06. The number of hydrogen-bond acceptors (Lipinski definition) is 1. The van der Waals surface area contributed by atoms with E-state index >= 15 is 0 Å². The van der Waals surface area contributed by atoms with E-state index in [1.54, 1.807) is 0 Å². The van der Waals surface area contributed by atoms with Gasteiger partial charge in [0.25, 0.3) is 0 Å². The molecule has 0 radical (unpaired) electrons. The maximum atomic E-state index is 5.55. The fraction of sp³-hybridized carbons (Fsp3) is 1.00. The summed E-state index contributed by atoms with van der Waals surface area (Å²) in [5.74, 6) is 1.61. The Morgan fingerprint density at radius 1 is 1.30 bits per heavy atom. The molecule has 2 atom stereocenters. The molecule has 1 saturated heterocycles. The van der Waals surface area contributed by atoms with E-state index in [0.29, 0.717) is 6.10 Å². The Hall–Kier alpha value is -0.0400. The number of ether oxygens (including phenoxy) is 1. The molecule has 0 bridgehead atoms. The zero-order chi connectivity index (χ0) is 7.56. The van der Waals surface area contributed by atoms with Gasteiger partial charge in [-0.05, 0) is 31.6 Å². The molecule has 0 amide bonds. The van der Waals surface area contributed by atoms with Gasteiger partial charge < -0.3 is 4.74 Å². The molecule has 0 saturated carbocycles. The van der Waals surface area contributed by atoms with Crippen LogP contribution in [0.2, 0.25) is 0 Å². The van der Waals surface area contributed by atoms with Crippen molar-refractivity contribution >= 4 is 0 Å². The minimum Gasteiger partial charge on any atom is -0.378 e. The van der Waals surface area contributed by atoms with Crippen molar-refractivity contribution in [3.8, 4) is 0 Å². The molecule has 10 heavy (non-hydrogen) atoms. The van der Waals surface area contributed by atoms with Crippen molar-refractivity contribution in [3.63, 3.8) is 0 Å². The molecule has 1 rings (SSSR count). The molecule has 0 N–H and O–H groups in total. The van der Waals surface area contributed by atoms with E-state index in [0.717, 1.165) is 18.4 Å². The lowest BCUT2D eigenvalue weighted by Crippen LogP contribution is -2.26. The summed E-state index contributed by atoms with van der Waals surface area (Å²) in [6.07, 6.45) is 3.12. The molecule has 0 spiro atoms. The highest BCUT2D eigenvalue weighted by molar-refractivity contribution is 4.69. The highest BCUT2D eigenvalue weighted by atomic mass is 16.5. The maximum absolute atomic E-state index is 5.55. The highest BCUT2D eigenvalue weighted by Crippen LogP contribution is 2.24. The van der Waals surface area contributed by atoms with Gasteiger partial charge in [0, 0.05) is 6.61 Å². The van der Waals surface area contributed by atoms with Crippen LogP contribution < -0.4 is 0 Å². The van der Waals surface area contributed by atoms with Crippen LogP contribution in [0.1, 0.15) is 33.6 Å². The van der Waals surface area contributed by atoms with Crippen LogP contribution in [0.15, 0.2) is 0 Å². The average Bonchev–Trinajstić information content (AvgIpc) is 1.88. The zero-order valence-corrected chi connectivity index (χ0v) is 7.26. The lowest BCUT2D eigenvalue weighted by Gasteiger charge is -2.29. The van der Waals surface area contributed by atoms with Gasteiger partial charge >= 0.3 is 0 Å². The predicted molar refractivity (Wildman–Crippen MR) is 43.0 cm³/mol. The van der Waals surface area contributed by atoms with Gasteiger partial charge in [0.05, 0.1) is 6.10 Å². The molecule has 1 heterocycles. The fourth-order valence-corrected chi connectivity index (χ4v) is 1.43. The molecule has 0 aromatic rings. The lowest BCUT2D eigenvalue weighted by atomic mass is 9.89. The first-order chi connectivity index (χ1) is 4.70. The van der Waals surface area contributed by atoms with Gasteiger partial charge in [-0.15, -0.1) is 0 Å². The van der Waals surface area contributed by atoms with E-state index < -0.39 is 0 Å². The first-order valence-electron chi connectivity index (χ1n) is 4.31. The van der Waals surface area contributed by atoms with Crippen molar-refractivity contribution < 1.29 is 4.74 Å². The summed E-state index contributed by atoms with van der Waals surface area (Å²) in [6, 6.07) is 0. The van der Waals surface area contributed by atoms with Gasteiger partial charge in [-0.1, -0.05) is 13.8 Å². The monoisotopic (exact) mass is 142 g/mol. The molecule has 1 heteroatoms. The van der Waals surface area contributed by atoms with Crippen LogP contribution in [-0.4, -0.2) is 12.7 Å². The zero-order valence-electron chi connectivity index (χ0n) is 7.26. The Balaban J connectivity index is 2.26. The Kier molecular flexibility index (Phi) is 2.72. The van der Waals surface area contributed by atoms with Crippen molar-refractivity contribution in [1.82, 2.24) is 0 Å². The molecule has 0 aromatic carbocycles. The van der Waals surface area contributed by atoms with E-state index in [1.165, 1.54) is 12.8 Å². The third kappa shape index (κ3) is 1.98. The topological polar surface area (TPSA) is 9.23 Å². The van der Waals surface area contributed by atoms with Crippen LogP contribution in [0.4, 0.5) is 0 Å². The summed E-state index contributed by atoms with van der Waals surface area (Å²) in [4.78, 5) is 0. The molecule has 0 unspecified atom stereocenters. The van der Waals surface area contributed by atoms with E-state index in [1.807, 2.05) is 0 Å². The summed E-state index contributed by atoms with van der Waals surface area (Å²) < 4.78 is 5.55. The Morgan fingerprint density at radius 3 is 2.40 bits per heavy atom. The van der Waals surface area contributed by atoms with E-state index in [-0.39, 0.29) is 0 Å². The van der Waals surface area contributed by atoms with Crippen LogP contribution >= 0.6 is 0 Å². The number of rotatable bonds is 1. The third-order valence-electron chi connectivity index (χ3n) is 2.48. The molecule has 0 aromatic heterocycles. The standard InChI is InChI=1S/C9H18O/c1-7(2)9-5-4-8(3)10-6-9/h7-9H,4-6H2,1-3H3/t8-,9-/m0/s1. The van der Waals surface area contributed by atoms with E-state index in [2.05, 4.69) is 20.8 Å². The summed E-state index contributed by atoms with van der Waals surface area (Å²) in [6.45, 7) is 7.71. The maximum Gasteiger partial charge on any atom is 0.0547 e. The van der Waals surface area contributed by atoms with Crippen LogP contribution in [0.3, 0.4) is 0 Å². The van der Waals surface area contributed by atoms with E-state index in [4.69, 9.17) is 4.74 Å². The quantitative estimate of drug-likeness (QED) is 0.546. The molecule has 1 aliphatic rings. The van der Waals surface area contributed by atoms with Crippen molar-refractivity contribution in [3.05, 3.63) is 0 Å². The normalized spacial score (nSPS) is 34.8. The van der Waals surface area contributed by atoms with Gasteiger partial charge in [-0.3, -0.25) is 0 Å². The molecule has 1 nitrogen and oxygen atoms in total. The Labute approximate surface area is 63.8 Å². The van der Waals surface area contributed by atoms with Crippen LogP contribution in [0.5, 0.6) is 0 Å². The number of hydrogen-bond donors (Lipinski definition) is 0. The molecule has 60 valence electrons. The van der Waals surface area contributed by atoms with E-state index in [9.17, 15) is 0 Å². The summed E-state index contributed by atoms with van der Waals surface area (Å²) in [5.41, 5.74) is 0. The van der Waals surface area contributed by atoms with Crippen molar-refractivity contribution in [2.24, 2.45) is 11.8 Å². The van der Waals surface area contributed by atoms with Gasteiger partial charge in [0.1, 0.15) is 0 Å². The largest absolute Gasteiger partial charge is 0.378 e. The minimum absolute atomic E-state index is 0.509. The fourth-order valence-electron chi connectivity index (χ4n) is 1.43. The summed E-state index contributed by atoms with van der Waals surface area (Å²) in [7, 11) is 0. The highest BCUT2D eigenvalue weighted by Gasteiger charge is 2.20. The van der Waals surface area contributed by atoms with Crippen molar-refractivity contribution in [2.45, 2.75) is 39.7 Å². The molecule has 1 fully saturated rings. The second kappa shape index (κ2) is 3.38. The summed E-state index contributed by atoms with van der Waals surface area (Å²) >= 11 is 0. The first-order valence-corrected chi connectivity index (χ1v) is 4.31. The van der Waals surface area contributed by atoms with Crippen LogP contribution in [0.25, 0.3) is 0 Å². The molecular formula is C9H18O. The van der Waals surface area contributed by atoms with Crippen molar-refractivity contribution in [1.29, 1.82) is 0 Å². The SMILES string of the molecule is CC(C)[C@H]1CC[C@H](C)OC1. The van der Waals surface area contributed by atoms with Crippen LogP contribution in [0, 0.1) is 11.8 Å². The summed E-state index contributed by atoms with van der Waals surface area (Å²) in [5, 5.41) is 0. The third-order valence-corrected chi connectivity index (χ3v) is 2.48. The molecule has 1 aliphatic heterocycles. The lowest BCUT2D eigenvalue weighted by molar-refractivity contribution is -0.0176. The Bertz CT molecular complexity index is 90.9. The van der Waals surface area contributed by atoms with Gasteiger partial charge in [-0.2, -0.15) is 0 Å². The predicted octanol–water partition coefficient (Wildman–Crippen LogP) is 2.46. The molecule has 0 aliphatic carbocycles. The van der Waals surface area contributed by atoms with Crippen molar-refractivity contribution in [2.75, 3.05) is 6.61 Å². The second-order valence-electron chi connectivity index (χ2n) is 3.73.